The second-order valence-electron chi connectivity index (χ2n) is 6.92. The predicted octanol–water partition coefficient (Wildman–Crippen LogP) is 3.49. The largest absolute Gasteiger partial charge is 0.444 e. The number of fused-ring (bicyclic) bond motifs is 2. The van der Waals surface area contributed by atoms with Crippen molar-refractivity contribution in [1.82, 2.24) is 9.88 Å². The Balaban J connectivity index is 1.73. The Morgan fingerprint density at radius 1 is 1.43 bits per heavy atom. The minimum atomic E-state index is -0.437. The summed E-state index contributed by atoms with van der Waals surface area (Å²) in [4.78, 5) is 18.4. The molecule has 21 heavy (non-hydrogen) atoms. The first-order valence-corrected chi connectivity index (χ1v) is 7.53. The lowest BCUT2D eigenvalue weighted by molar-refractivity contribution is 0.0229. The molecular formula is C17H22N2O2. The third-order valence-electron chi connectivity index (χ3n) is 4.00. The molecule has 112 valence electrons. The van der Waals surface area contributed by atoms with Gasteiger partial charge < -0.3 is 9.64 Å². The molecule has 2 atom stereocenters. The highest BCUT2D eigenvalue weighted by atomic mass is 16.6. The first-order valence-electron chi connectivity index (χ1n) is 7.53. The van der Waals surface area contributed by atoms with E-state index >= 15 is 0 Å². The minimum Gasteiger partial charge on any atom is -0.444 e. The average molecular weight is 286 g/mol. The van der Waals surface area contributed by atoms with Crippen molar-refractivity contribution in [3.8, 4) is 0 Å². The van der Waals surface area contributed by atoms with Gasteiger partial charge in [-0.15, -0.1) is 0 Å². The molecular weight excluding hydrogens is 264 g/mol. The first kappa shape index (κ1) is 14.1. The molecule has 1 fully saturated rings. The minimum absolute atomic E-state index is 0.184. The molecule has 0 spiro atoms. The van der Waals surface area contributed by atoms with Crippen LogP contribution in [0.2, 0.25) is 0 Å². The molecule has 2 bridgehead atoms. The van der Waals surface area contributed by atoms with Gasteiger partial charge in [0.25, 0.3) is 0 Å². The number of ether oxygens (including phenoxy) is 1. The van der Waals surface area contributed by atoms with Crippen molar-refractivity contribution in [3.05, 3.63) is 36.2 Å². The zero-order valence-corrected chi connectivity index (χ0v) is 12.9. The zero-order chi connectivity index (χ0) is 15.0. The number of hydrogen-bond acceptors (Lipinski definition) is 3. The maximum Gasteiger partial charge on any atom is 0.410 e. The van der Waals surface area contributed by atoms with Gasteiger partial charge in [-0.25, -0.2) is 4.79 Å². The number of nitrogens with zero attached hydrogens (tertiary/aromatic N) is 2. The van der Waals surface area contributed by atoms with Crippen LogP contribution in [-0.2, 0) is 4.74 Å². The highest BCUT2D eigenvalue weighted by molar-refractivity contribution is 5.72. The molecule has 0 aromatic carbocycles. The van der Waals surface area contributed by atoms with E-state index < -0.39 is 5.60 Å². The van der Waals surface area contributed by atoms with Crippen molar-refractivity contribution < 1.29 is 9.53 Å². The molecule has 2 unspecified atom stereocenters. The Bertz CT molecular complexity index is 560. The molecule has 1 amide bonds. The van der Waals surface area contributed by atoms with Crippen LogP contribution in [0.1, 0.15) is 39.2 Å². The maximum atomic E-state index is 12.3. The van der Waals surface area contributed by atoms with Gasteiger partial charge in [-0.2, -0.15) is 0 Å². The van der Waals surface area contributed by atoms with Crippen LogP contribution in [0.15, 0.2) is 30.6 Å². The number of carbonyl (C=O) groups is 1. The van der Waals surface area contributed by atoms with E-state index in [1.165, 1.54) is 11.1 Å². The summed E-state index contributed by atoms with van der Waals surface area (Å²) in [5.41, 5.74) is 2.03. The molecule has 1 aliphatic carbocycles. The molecule has 4 nitrogen and oxygen atoms in total. The van der Waals surface area contributed by atoms with Gasteiger partial charge in [-0.1, -0.05) is 12.1 Å². The van der Waals surface area contributed by atoms with E-state index in [2.05, 4.69) is 17.1 Å². The van der Waals surface area contributed by atoms with Crippen molar-refractivity contribution in [2.24, 2.45) is 5.92 Å². The van der Waals surface area contributed by atoms with Crippen LogP contribution in [0.3, 0.4) is 0 Å². The summed E-state index contributed by atoms with van der Waals surface area (Å²) >= 11 is 0. The van der Waals surface area contributed by atoms with E-state index in [9.17, 15) is 4.79 Å². The standard InChI is InChI=1S/C17H22N2O2/c1-17(2,3)21-16(20)19-11-12-7-14(9-15(19)8-12)13-5-4-6-18-10-13/h4-7,10,12,15H,8-9,11H2,1-3H3. The van der Waals surface area contributed by atoms with Crippen LogP contribution in [0.5, 0.6) is 0 Å². The van der Waals surface area contributed by atoms with E-state index in [1.54, 1.807) is 6.20 Å². The normalized spacial score (nSPS) is 24.7. The summed E-state index contributed by atoms with van der Waals surface area (Å²) in [6, 6.07) is 4.30. The SMILES string of the molecule is CC(C)(C)OC(=O)N1CC2C=C(c3cccnc3)CC1C2. The van der Waals surface area contributed by atoms with Crippen LogP contribution < -0.4 is 0 Å². The summed E-state index contributed by atoms with van der Waals surface area (Å²) < 4.78 is 5.52. The summed E-state index contributed by atoms with van der Waals surface area (Å²) in [5.74, 6) is 0.437. The topological polar surface area (TPSA) is 42.4 Å². The third kappa shape index (κ3) is 3.09. The molecule has 0 saturated carbocycles. The maximum absolute atomic E-state index is 12.3. The summed E-state index contributed by atoms with van der Waals surface area (Å²) in [5, 5.41) is 0. The smallest absolute Gasteiger partial charge is 0.410 e. The number of rotatable bonds is 1. The summed E-state index contributed by atoms with van der Waals surface area (Å²) in [6.45, 7) is 6.49. The van der Waals surface area contributed by atoms with Crippen LogP contribution in [0, 0.1) is 5.92 Å². The lowest BCUT2D eigenvalue weighted by atomic mass is 9.88. The molecule has 2 heterocycles. The fourth-order valence-electron chi connectivity index (χ4n) is 3.18. The van der Waals surface area contributed by atoms with E-state index in [1.807, 2.05) is 37.9 Å². The number of amides is 1. The predicted molar refractivity (Wildman–Crippen MR) is 81.7 cm³/mol. The number of carbonyl (C=O) groups excluding carboxylic acids is 1. The van der Waals surface area contributed by atoms with Crippen molar-refractivity contribution in [2.45, 2.75) is 45.3 Å². The van der Waals surface area contributed by atoms with Gasteiger partial charge in [0.1, 0.15) is 5.60 Å². The van der Waals surface area contributed by atoms with Crippen LogP contribution >= 0.6 is 0 Å². The Kier molecular flexibility index (Phi) is 3.47. The zero-order valence-electron chi connectivity index (χ0n) is 12.9. The molecule has 3 rings (SSSR count). The number of aromatic nitrogens is 1. The van der Waals surface area contributed by atoms with Gasteiger partial charge in [-0.05, 0) is 56.7 Å². The number of likely N-dealkylation sites (tertiary alicyclic amines) is 1. The Hall–Kier alpha value is -1.84. The Morgan fingerprint density at radius 2 is 2.24 bits per heavy atom. The molecule has 0 radical (unpaired) electrons. The molecule has 1 aromatic rings. The summed E-state index contributed by atoms with van der Waals surface area (Å²) in [7, 11) is 0. The summed E-state index contributed by atoms with van der Waals surface area (Å²) in [6.07, 6.45) is 7.74. The van der Waals surface area contributed by atoms with Crippen molar-refractivity contribution in [1.29, 1.82) is 0 Å². The second kappa shape index (κ2) is 5.17. The van der Waals surface area contributed by atoms with Crippen molar-refractivity contribution in [3.63, 3.8) is 0 Å². The highest BCUT2D eigenvalue weighted by Gasteiger charge is 2.39. The van der Waals surface area contributed by atoms with E-state index in [0.717, 1.165) is 19.4 Å². The van der Waals surface area contributed by atoms with Gasteiger partial charge in [0.15, 0.2) is 0 Å². The van der Waals surface area contributed by atoms with E-state index in [4.69, 9.17) is 4.74 Å². The molecule has 1 aliphatic heterocycles. The first-order chi connectivity index (χ1) is 9.92. The van der Waals surface area contributed by atoms with Gasteiger partial charge >= 0.3 is 6.09 Å². The fourth-order valence-corrected chi connectivity index (χ4v) is 3.18. The lowest BCUT2D eigenvalue weighted by Gasteiger charge is -2.29. The van der Waals surface area contributed by atoms with Gasteiger partial charge in [0, 0.05) is 25.0 Å². The monoisotopic (exact) mass is 286 g/mol. The molecule has 4 heteroatoms. The molecule has 1 saturated heterocycles. The lowest BCUT2D eigenvalue weighted by Crippen LogP contribution is -2.39. The van der Waals surface area contributed by atoms with Crippen molar-refractivity contribution in [2.75, 3.05) is 6.54 Å². The second-order valence-corrected chi connectivity index (χ2v) is 6.92. The molecule has 2 aliphatic rings. The van der Waals surface area contributed by atoms with Crippen molar-refractivity contribution >= 4 is 11.7 Å². The van der Waals surface area contributed by atoms with Gasteiger partial charge in [-0.3, -0.25) is 4.98 Å². The Morgan fingerprint density at radius 3 is 2.90 bits per heavy atom. The molecule has 1 aromatic heterocycles. The quantitative estimate of drug-likeness (QED) is 0.793. The van der Waals surface area contributed by atoms with Crippen LogP contribution in [-0.4, -0.2) is 34.2 Å². The van der Waals surface area contributed by atoms with Crippen LogP contribution in [0.4, 0.5) is 4.79 Å². The van der Waals surface area contributed by atoms with Gasteiger partial charge in [0.2, 0.25) is 0 Å². The van der Waals surface area contributed by atoms with Gasteiger partial charge in [0.05, 0.1) is 0 Å². The Labute approximate surface area is 125 Å². The number of hydrogen-bond donors (Lipinski definition) is 0. The number of pyridine rings is 1. The van der Waals surface area contributed by atoms with E-state index in [-0.39, 0.29) is 12.1 Å². The highest BCUT2D eigenvalue weighted by Crippen LogP contribution is 2.38. The van der Waals surface area contributed by atoms with E-state index in [0.29, 0.717) is 5.92 Å². The average Bonchev–Trinajstić information content (AvgIpc) is 2.72. The third-order valence-corrected chi connectivity index (χ3v) is 4.00. The fraction of sp³-hybridized carbons (Fsp3) is 0.529. The molecule has 0 N–H and O–H groups in total. The van der Waals surface area contributed by atoms with Crippen LogP contribution in [0.25, 0.3) is 5.57 Å².